The van der Waals surface area contributed by atoms with Crippen molar-refractivity contribution in [1.82, 2.24) is 5.32 Å². The molecular weight excluding hydrogens is 308 g/mol. The molecule has 1 aliphatic carbocycles. The highest BCUT2D eigenvalue weighted by molar-refractivity contribution is 7.18. The SMILES string of the molecule is CC(=O)Nc1ccc(C(=O)NCC2(c3ccccc3)CCC2)s1. The fraction of sp³-hybridized carbons (Fsp3) is 0.333. The highest BCUT2D eigenvalue weighted by atomic mass is 32.1. The Labute approximate surface area is 139 Å². The third-order valence-corrected chi connectivity index (χ3v) is 5.41. The largest absolute Gasteiger partial charge is 0.350 e. The Morgan fingerprint density at radius 3 is 2.48 bits per heavy atom. The summed E-state index contributed by atoms with van der Waals surface area (Å²) >= 11 is 1.30. The van der Waals surface area contributed by atoms with Crippen molar-refractivity contribution in [2.45, 2.75) is 31.6 Å². The van der Waals surface area contributed by atoms with E-state index in [4.69, 9.17) is 0 Å². The Bertz CT molecular complexity index is 705. The maximum atomic E-state index is 12.3. The molecule has 2 N–H and O–H groups in total. The topological polar surface area (TPSA) is 58.2 Å². The van der Waals surface area contributed by atoms with E-state index in [0.29, 0.717) is 16.4 Å². The van der Waals surface area contributed by atoms with Crippen molar-refractivity contribution >= 4 is 28.2 Å². The number of hydrogen-bond donors (Lipinski definition) is 2. The number of benzene rings is 1. The second-order valence-corrected chi connectivity index (χ2v) is 7.11. The minimum Gasteiger partial charge on any atom is -0.350 e. The molecule has 3 rings (SSSR count). The molecule has 1 aliphatic rings. The van der Waals surface area contributed by atoms with Crippen LogP contribution >= 0.6 is 11.3 Å². The number of carbonyl (C=O) groups excluding carboxylic acids is 2. The van der Waals surface area contributed by atoms with Crippen LogP contribution in [0.2, 0.25) is 0 Å². The summed E-state index contributed by atoms with van der Waals surface area (Å²) in [7, 11) is 0. The molecule has 1 fully saturated rings. The van der Waals surface area contributed by atoms with Gasteiger partial charge in [0.2, 0.25) is 5.91 Å². The van der Waals surface area contributed by atoms with Crippen molar-refractivity contribution in [2.75, 3.05) is 11.9 Å². The van der Waals surface area contributed by atoms with Crippen LogP contribution in [-0.4, -0.2) is 18.4 Å². The predicted molar refractivity (Wildman–Crippen MR) is 92.9 cm³/mol. The molecule has 0 spiro atoms. The van der Waals surface area contributed by atoms with Crippen LogP contribution in [0, 0.1) is 0 Å². The lowest BCUT2D eigenvalue weighted by Crippen LogP contribution is -2.45. The first-order chi connectivity index (χ1) is 11.1. The zero-order valence-electron chi connectivity index (χ0n) is 13.1. The van der Waals surface area contributed by atoms with Crippen LogP contribution in [0.1, 0.15) is 41.4 Å². The van der Waals surface area contributed by atoms with Crippen LogP contribution < -0.4 is 10.6 Å². The summed E-state index contributed by atoms with van der Waals surface area (Å²) in [5, 5.41) is 6.46. The molecule has 0 saturated heterocycles. The zero-order valence-corrected chi connectivity index (χ0v) is 13.9. The average Bonchev–Trinajstić information content (AvgIpc) is 2.95. The third kappa shape index (κ3) is 3.45. The van der Waals surface area contributed by atoms with Gasteiger partial charge in [-0.3, -0.25) is 9.59 Å². The van der Waals surface area contributed by atoms with E-state index in [-0.39, 0.29) is 17.2 Å². The molecule has 0 unspecified atom stereocenters. The second-order valence-electron chi connectivity index (χ2n) is 6.03. The molecular formula is C18H20N2O2S. The van der Waals surface area contributed by atoms with Crippen LogP contribution in [0.3, 0.4) is 0 Å². The number of rotatable bonds is 5. The monoisotopic (exact) mass is 328 g/mol. The lowest BCUT2D eigenvalue weighted by atomic mass is 9.64. The summed E-state index contributed by atoms with van der Waals surface area (Å²) in [4.78, 5) is 24.0. The summed E-state index contributed by atoms with van der Waals surface area (Å²) in [6.45, 7) is 2.11. The normalized spacial score (nSPS) is 15.5. The van der Waals surface area contributed by atoms with Crippen molar-refractivity contribution in [1.29, 1.82) is 0 Å². The van der Waals surface area contributed by atoms with Crippen molar-refractivity contribution in [3.63, 3.8) is 0 Å². The van der Waals surface area contributed by atoms with Gasteiger partial charge in [-0.2, -0.15) is 0 Å². The summed E-state index contributed by atoms with van der Waals surface area (Å²) in [5.41, 5.74) is 1.38. The molecule has 0 atom stereocenters. The summed E-state index contributed by atoms with van der Waals surface area (Å²) < 4.78 is 0. The van der Waals surface area contributed by atoms with Crippen molar-refractivity contribution in [3.8, 4) is 0 Å². The predicted octanol–water partition coefficient (Wildman–Crippen LogP) is 3.56. The highest BCUT2D eigenvalue weighted by Crippen LogP contribution is 2.43. The van der Waals surface area contributed by atoms with Gasteiger partial charge >= 0.3 is 0 Å². The van der Waals surface area contributed by atoms with Crippen molar-refractivity contribution in [2.24, 2.45) is 0 Å². The summed E-state index contributed by atoms with van der Waals surface area (Å²) in [6, 6.07) is 13.9. The van der Waals surface area contributed by atoms with Crippen LogP contribution in [0.25, 0.3) is 0 Å². The Kier molecular flexibility index (Phi) is 4.48. The van der Waals surface area contributed by atoms with E-state index in [1.807, 2.05) is 6.07 Å². The first-order valence-corrected chi connectivity index (χ1v) is 8.62. The van der Waals surface area contributed by atoms with Gasteiger partial charge in [-0.1, -0.05) is 36.8 Å². The molecule has 1 aromatic heterocycles. The highest BCUT2D eigenvalue weighted by Gasteiger charge is 2.38. The number of carbonyl (C=O) groups is 2. The van der Waals surface area contributed by atoms with E-state index < -0.39 is 0 Å². The number of thiophene rings is 1. The molecule has 1 aromatic carbocycles. The molecule has 0 bridgehead atoms. The van der Waals surface area contributed by atoms with Crippen molar-refractivity contribution < 1.29 is 9.59 Å². The van der Waals surface area contributed by atoms with Crippen LogP contribution in [0.15, 0.2) is 42.5 Å². The Balaban J connectivity index is 1.64. The van der Waals surface area contributed by atoms with E-state index in [9.17, 15) is 9.59 Å². The average molecular weight is 328 g/mol. The molecule has 4 nitrogen and oxygen atoms in total. The first-order valence-electron chi connectivity index (χ1n) is 7.80. The standard InChI is InChI=1S/C18H20N2O2S/c1-13(21)20-16-9-8-15(23-16)17(22)19-12-18(10-5-11-18)14-6-3-2-4-7-14/h2-4,6-9H,5,10-12H2,1H3,(H,19,22)(H,20,21). The van der Waals surface area contributed by atoms with Gasteiger partial charge in [0, 0.05) is 18.9 Å². The summed E-state index contributed by atoms with van der Waals surface area (Å²) in [6.07, 6.45) is 3.42. The van der Waals surface area contributed by atoms with Gasteiger partial charge in [0.15, 0.2) is 0 Å². The lowest BCUT2D eigenvalue weighted by molar-refractivity contribution is -0.114. The number of nitrogens with one attached hydrogen (secondary N) is 2. The Morgan fingerprint density at radius 2 is 1.87 bits per heavy atom. The van der Waals surface area contributed by atoms with Crippen LogP contribution in [0.5, 0.6) is 0 Å². The maximum absolute atomic E-state index is 12.3. The van der Waals surface area contributed by atoms with Gasteiger partial charge in [0.1, 0.15) is 0 Å². The molecule has 0 radical (unpaired) electrons. The molecule has 5 heteroatoms. The van der Waals surface area contributed by atoms with Gasteiger partial charge in [-0.25, -0.2) is 0 Å². The quantitative estimate of drug-likeness (QED) is 0.882. The third-order valence-electron chi connectivity index (χ3n) is 4.41. The van der Waals surface area contributed by atoms with Gasteiger partial charge in [-0.15, -0.1) is 11.3 Å². The Hall–Kier alpha value is -2.14. The van der Waals surface area contributed by atoms with E-state index in [1.54, 1.807) is 12.1 Å². The van der Waals surface area contributed by atoms with E-state index in [2.05, 4.69) is 34.9 Å². The van der Waals surface area contributed by atoms with Crippen LogP contribution in [-0.2, 0) is 10.2 Å². The lowest BCUT2D eigenvalue weighted by Gasteiger charge is -2.42. The van der Waals surface area contributed by atoms with Gasteiger partial charge < -0.3 is 10.6 Å². The zero-order chi connectivity index (χ0) is 16.3. The molecule has 1 heterocycles. The molecule has 2 aromatic rings. The minimum atomic E-state index is -0.128. The molecule has 1 saturated carbocycles. The fourth-order valence-electron chi connectivity index (χ4n) is 3.00. The summed E-state index contributed by atoms with van der Waals surface area (Å²) in [5.74, 6) is -0.204. The van der Waals surface area contributed by atoms with Gasteiger partial charge in [0.25, 0.3) is 5.91 Å². The minimum absolute atomic E-state index is 0.0752. The smallest absolute Gasteiger partial charge is 0.261 e. The molecule has 0 aliphatic heterocycles. The van der Waals surface area contributed by atoms with E-state index in [0.717, 1.165) is 12.8 Å². The fourth-order valence-corrected chi connectivity index (χ4v) is 3.87. The second kappa shape index (κ2) is 6.54. The van der Waals surface area contributed by atoms with Gasteiger partial charge in [0.05, 0.1) is 9.88 Å². The molecule has 23 heavy (non-hydrogen) atoms. The Morgan fingerprint density at radius 1 is 1.13 bits per heavy atom. The molecule has 2 amide bonds. The van der Waals surface area contributed by atoms with Crippen LogP contribution in [0.4, 0.5) is 5.00 Å². The van der Waals surface area contributed by atoms with Crippen molar-refractivity contribution in [3.05, 3.63) is 52.9 Å². The molecule has 120 valence electrons. The number of amides is 2. The van der Waals surface area contributed by atoms with E-state index in [1.165, 1.54) is 30.2 Å². The first kappa shape index (κ1) is 15.7. The maximum Gasteiger partial charge on any atom is 0.261 e. The van der Waals surface area contributed by atoms with E-state index >= 15 is 0 Å². The van der Waals surface area contributed by atoms with Gasteiger partial charge in [-0.05, 0) is 30.5 Å². The number of hydrogen-bond acceptors (Lipinski definition) is 3. The number of anilines is 1.